The van der Waals surface area contributed by atoms with Crippen LogP contribution in [0.2, 0.25) is 5.02 Å². The Hall–Kier alpha value is -2.79. The van der Waals surface area contributed by atoms with E-state index in [-0.39, 0.29) is 0 Å². The number of anilines is 2. The molecule has 2 heterocycles. The Labute approximate surface area is 133 Å². The smallest absolute Gasteiger partial charge is 0.170 e. The molecule has 0 saturated heterocycles. The number of ether oxygens (including phenoxy) is 1. The highest BCUT2D eigenvalue weighted by atomic mass is 35.5. The molecule has 4 N–H and O–H groups in total. The molecule has 0 atom stereocenters. The highest BCUT2D eigenvalue weighted by Crippen LogP contribution is 2.27. The highest BCUT2D eigenvalue weighted by molar-refractivity contribution is 6.30. The molecule has 0 bridgehead atoms. The average Bonchev–Trinajstić information content (AvgIpc) is 2.53. The molecular formula is C16H15ClN4O. The summed E-state index contributed by atoms with van der Waals surface area (Å²) in [6.45, 7) is 0. The summed E-state index contributed by atoms with van der Waals surface area (Å²) in [4.78, 5) is 7.65. The van der Waals surface area contributed by atoms with Crippen LogP contribution in [0, 0.1) is 0 Å². The number of nitrogens with two attached hydrogens (primary N) is 2. The van der Waals surface area contributed by atoms with Crippen molar-refractivity contribution < 1.29 is 4.74 Å². The molecule has 5 nitrogen and oxygen atoms in total. The van der Waals surface area contributed by atoms with Crippen LogP contribution in [0.3, 0.4) is 0 Å². The molecule has 3 rings (SSSR count). The summed E-state index contributed by atoms with van der Waals surface area (Å²) in [6.07, 6.45) is 3.14. The lowest BCUT2D eigenvalue weighted by molar-refractivity contribution is 0.483. The number of benzene rings is 1. The minimum Gasteiger partial charge on any atom is -0.453 e. The summed E-state index contributed by atoms with van der Waals surface area (Å²) in [6, 6.07) is 16.4. The lowest BCUT2D eigenvalue weighted by atomic mass is 10.3. The summed E-state index contributed by atoms with van der Waals surface area (Å²) in [5, 5.41) is 0.495. The van der Waals surface area contributed by atoms with Gasteiger partial charge in [-0.05, 0) is 24.3 Å². The van der Waals surface area contributed by atoms with Gasteiger partial charge in [0, 0.05) is 18.5 Å². The summed E-state index contributed by atoms with van der Waals surface area (Å²) >= 11 is 5.78. The molecule has 22 heavy (non-hydrogen) atoms. The number of aromatic nitrogens is 2. The van der Waals surface area contributed by atoms with Crippen LogP contribution in [0.5, 0.6) is 11.5 Å². The predicted molar refractivity (Wildman–Crippen MR) is 88.8 cm³/mol. The van der Waals surface area contributed by atoms with Crippen molar-refractivity contribution in [2.75, 3.05) is 11.5 Å². The van der Waals surface area contributed by atoms with Gasteiger partial charge in [0.15, 0.2) is 11.6 Å². The Morgan fingerprint density at radius 3 is 2.23 bits per heavy atom. The molecule has 1 aromatic carbocycles. The second-order valence-corrected chi connectivity index (χ2v) is 4.64. The number of nitrogen functional groups attached to an aromatic ring is 2. The number of para-hydroxylation sites is 1. The molecule has 0 unspecified atom stereocenters. The highest BCUT2D eigenvalue weighted by Gasteiger charge is 2.03. The van der Waals surface area contributed by atoms with Gasteiger partial charge >= 0.3 is 0 Å². The summed E-state index contributed by atoms with van der Waals surface area (Å²) in [5.41, 5.74) is 10.9. The number of hydrogen-bond donors (Lipinski definition) is 2. The van der Waals surface area contributed by atoms with Gasteiger partial charge < -0.3 is 16.2 Å². The molecule has 6 heteroatoms. The van der Waals surface area contributed by atoms with Crippen molar-refractivity contribution in [3.8, 4) is 11.5 Å². The monoisotopic (exact) mass is 314 g/mol. The summed E-state index contributed by atoms with van der Waals surface area (Å²) in [5.74, 6) is 2.06. The van der Waals surface area contributed by atoms with Crippen LogP contribution in [0.4, 0.5) is 11.6 Å². The van der Waals surface area contributed by atoms with E-state index < -0.39 is 0 Å². The van der Waals surface area contributed by atoms with E-state index >= 15 is 0 Å². The van der Waals surface area contributed by atoms with E-state index in [1.165, 1.54) is 6.20 Å². The number of rotatable bonds is 2. The molecule has 2 aromatic heterocycles. The third-order valence-corrected chi connectivity index (χ3v) is 2.71. The maximum absolute atomic E-state index is 5.78. The SMILES string of the molecule is Nc1ccccn1.Nc1ncc(Cl)cc1Oc1ccccc1. The van der Waals surface area contributed by atoms with Crippen LogP contribution in [-0.4, -0.2) is 9.97 Å². The average molecular weight is 315 g/mol. The van der Waals surface area contributed by atoms with Crippen molar-refractivity contribution in [1.82, 2.24) is 9.97 Å². The number of hydrogen-bond acceptors (Lipinski definition) is 5. The Morgan fingerprint density at radius 1 is 0.909 bits per heavy atom. The molecule has 112 valence electrons. The number of pyridine rings is 2. The normalized spacial score (nSPS) is 9.50. The van der Waals surface area contributed by atoms with Crippen molar-refractivity contribution in [3.05, 3.63) is 72.0 Å². The van der Waals surface area contributed by atoms with Crippen LogP contribution < -0.4 is 16.2 Å². The molecule has 0 spiro atoms. The molecule has 0 aliphatic rings. The summed E-state index contributed by atoms with van der Waals surface area (Å²) in [7, 11) is 0. The van der Waals surface area contributed by atoms with Crippen molar-refractivity contribution in [1.29, 1.82) is 0 Å². The van der Waals surface area contributed by atoms with Crippen molar-refractivity contribution >= 4 is 23.2 Å². The number of nitrogens with zero attached hydrogens (tertiary/aromatic N) is 2. The van der Waals surface area contributed by atoms with E-state index in [0.29, 0.717) is 28.2 Å². The van der Waals surface area contributed by atoms with Gasteiger partial charge in [0.25, 0.3) is 0 Å². The van der Waals surface area contributed by atoms with Gasteiger partial charge in [0.05, 0.1) is 5.02 Å². The lowest BCUT2D eigenvalue weighted by Gasteiger charge is -2.07. The molecule has 0 aliphatic carbocycles. The zero-order valence-electron chi connectivity index (χ0n) is 11.7. The Balaban J connectivity index is 0.000000211. The van der Waals surface area contributed by atoms with Crippen LogP contribution in [0.1, 0.15) is 0 Å². The standard InChI is InChI=1S/C11H9ClN2O.C5H6N2/c12-8-6-10(11(13)14-7-8)15-9-4-2-1-3-5-9;6-5-3-1-2-4-7-5/h1-7H,(H2,13,14);1-4H,(H2,6,7). The maximum atomic E-state index is 5.78. The fourth-order valence-corrected chi connectivity index (χ4v) is 1.65. The fourth-order valence-electron chi connectivity index (χ4n) is 1.50. The van der Waals surface area contributed by atoms with E-state index in [9.17, 15) is 0 Å². The lowest BCUT2D eigenvalue weighted by Crippen LogP contribution is -1.94. The van der Waals surface area contributed by atoms with Crippen LogP contribution in [0.25, 0.3) is 0 Å². The van der Waals surface area contributed by atoms with Gasteiger partial charge in [-0.3, -0.25) is 0 Å². The van der Waals surface area contributed by atoms with E-state index in [1.54, 1.807) is 18.3 Å². The van der Waals surface area contributed by atoms with Gasteiger partial charge in [-0.25, -0.2) is 9.97 Å². The van der Waals surface area contributed by atoms with Gasteiger partial charge in [-0.15, -0.1) is 0 Å². The fraction of sp³-hybridized carbons (Fsp3) is 0. The van der Waals surface area contributed by atoms with E-state index in [0.717, 1.165) is 0 Å². The second kappa shape index (κ2) is 7.85. The Kier molecular flexibility index (Phi) is 5.57. The van der Waals surface area contributed by atoms with E-state index in [4.69, 9.17) is 27.8 Å². The molecule has 0 fully saturated rings. The molecule has 0 radical (unpaired) electrons. The first kappa shape index (κ1) is 15.6. The molecule has 0 saturated carbocycles. The third-order valence-electron chi connectivity index (χ3n) is 2.51. The molecule has 0 aliphatic heterocycles. The predicted octanol–water partition coefficient (Wildman–Crippen LogP) is 3.77. The van der Waals surface area contributed by atoms with Crippen molar-refractivity contribution in [3.63, 3.8) is 0 Å². The van der Waals surface area contributed by atoms with Crippen molar-refractivity contribution in [2.45, 2.75) is 0 Å². The van der Waals surface area contributed by atoms with Crippen LogP contribution >= 0.6 is 11.6 Å². The molecular weight excluding hydrogens is 300 g/mol. The van der Waals surface area contributed by atoms with Gasteiger partial charge in [0.1, 0.15) is 11.6 Å². The van der Waals surface area contributed by atoms with Gasteiger partial charge in [-0.1, -0.05) is 35.9 Å². The summed E-state index contributed by atoms with van der Waals surface area (Å²) < 4.78 is 5.52. The van der Waals surface area contributed by atoms with E-state index in [1.807, 2.05) is 42.5 Å². The Bertz CT molecular complexity index is 708. The largest absolute Gasteiger partial charge is 0.453 e. The molecule has 3 aromatic rings. The molecule has 0 amide bonds. The topological polar surface area (TPSA) is 87.0 Å². The van der Waals surface area contributed by atoms with Gasteiger partial charge in [0.2, 0.25) is 0 Å². The minimum absolute atomic E-state index is 0.322. The first-order valence-corrected chi connectivity index (χ1v) is 6.83. The quantitative estimate of drug-likeness (QED) is 0.751. The van der Waals surface area contributed by atoms with Crippen molar-refractivity contribution in [2.24, 2.45) is 0 Å². The maximum Gasteiger partial charge on any atom is 0.170 e. The minimum atomic E-state index is 0.322. The first-order valence-electron chi connectivity index (χ1n) is 6.45. The first-order chi connectivity index (χ1) is 10.6. The number of halogens is 1. The van der Waals surface area contributed by atoms with Gasteiger partial charge in [-0.2, -0.15) is 0 Å². The zero-order valence-corrected chi connectivity index (χ0v) is 12.4. The third kappa shape index (κ3) is 4.96. The van der Waals surface area contributed by atoms with Crippen LogP contribution in [0.15, 0.2) is 67.0 Å². The second-order valence-electron chi connectivity index (χ2n) is 4.21. The van der Waals surface area contributed by atoms with Crippen LogP contribution in [-0.2, 0) is 0 Å². The van der Waals surface area contributed by atoms with E-state index in [2.05, 4.69) is 9.97 Å². The zero-order chi connectivity index (χ0) is 15.8. The Morgan fingerprint density at radius 2 is 1.64 bits per heavy atom.